The van der Waals surface area contributed by atoms with E-state index in [-0.39, 0.29) is 17.6 Å². The summed E-state index contributed by atoms with van der Waals surface area (Å²) in [5.41, 5.74) is 3.42. The summed E-state index contributed by atoms with van der Waals surface area (Å²) in [6, 6.07) is 20.7. The fraction of sp³-hybridized carbons (Fsp3) is 0.125. The number of carbonyl (C=O) groups is 1. The molecule has 1 amide bonds. The van der Waals surface area contributed by atoms with E-state index in [1.807, 2.05) is 44.2 Å². The van der Waals surface area contributed by atoms with Crippen LogP contribution >= 0.6 is 0 Å². The minimum atomic E-state index is -0.508. The molecule has 0 spiro atoms. The maximum atomic E-state index is 12.6. The van der Waals surface area contributed by atoms with Crippen molar-refractivity contribution in [3.8, 4) is 23.1 Å². The summed E-state index contributed by atoms with van der Waals surface area (Å²) in [7, 11) is 0. The average molecular weight is 443 g/mol. The van der Waals surface area contributed by atoms with Crippen molar-refractivity contribution >= 4 is 17.3 Å². The van der Waals surface area contributed by atoms with Gasteiger partial charge in [0, 0.05) is 28.9 Å². The van der Waals surface area contributed by atoms with Crippen molar-refractivity contribution in [2.45, 2.75) is 13.8 Å². The molecule has 0 saturated heterocycles. The van der Waals surface area contributed by atoms with Crippen LogP contribution in [0.5, 0.6) is 6.01 Å². The Balaban J connectivity index is 1.66. The zero-order chi connectivity index (χ0) is 23.4. The van der Waals surface area contributed by atoms with E-state index in [4.69, 9.17) is 4.74 Å². The molecule has 0 saturated carbocycles. The number of hydrogen-bond acceptors (Lipinski definition) is 6. The van der Waals surface area contributed by atoms with Crippen LogP contribution in [0.25, 0.3) is 17.1 Å². The Morgan fingerprint density at radius 3 is 2.55 bits per heavy atom. The average Bonchev–Trinajstić information content (AvgIpc) is 3.23. The van der Waals surface area contributed by atoms with Gasteiger partial charge in [-0.25, -0.2) is 4.68 Å². The Bertz CT molecular complexity index is 1310. The van der Waals surface area contributed by atoms with Gasteiger partial charge >= 0.3 is 6.01 Å². The van der Waals surface area contributed by atoms with E-state index < -0.39 is 4.92 Å². The number of anilines is 1. The van der Waals surface area contributed by atoms with Gasteiger partial charge in [0.2, 0.25) is 0 Å². The number of benzene rings is 3. The van der Waals surface area contributed by atoms with Crippen molar-refractivity contribution in [1.29, 1.82) is 0 Å². The van der Waals surface area contributed by atoms with Gasteiger partial charge in [-0.15, -0.1) is 5.10 Å². The van der Waals surface area contributed by atoms with E-state index >= 15 is 0 Å². The lowest BCUT2D eigenvalue weighted by molar-refractivity contribution is -0.384. The molecule has 3 aromatic carbocycles. The number of non-ortho nitro benzene ring substituents is 1. The minimum absolute atomic E-state index is 0.0754. The SMILES string of the molecule is CCOc1nc(-c2ccccc2C)n(-c2cccc(NC(=O)c3ccc([N+](=O)[O-])cc3)c2)n1. The molecule has 0 atom stereocenters. The number of nitrogens with one attached hydrogen (secondary N) is 1. The van der Waals surface area contributed by atoms with E-state index in [1.165, 1.54) is 24.3 Å². The fourth-order valence-electron chi connectivity index (χ4n) is 3.31. The van der Waals surface area contributed by atoms with Crippen LogP contribution in [-0.2, 0) is 0 Å². The summed E-state index contributed by atoms with van der Waals surface area (Å²) in [5.74, 6) is 0.241. The summed E-state index contributed by atoms with van der Waals surface area (Å²) in [6.07, 6.45) is 0. The zero-order valence-electron chi connectivity index (χ0n) is 18.1. The minimum Gasteiger partial charge on any atom is -0.463 e. The molecular formula is C24H21N5O4. The van der Waals surface area contributed by atoms with Crippen LogP contribution in [0.15, 0.2) is 72.8 Å². The molecule has 4 rings (SSSR count). The quantitative estimate of drug-likeness (QED) is 0.324. The molecule has 1 N–H and O–H groups in total. The zero-order valence-corrected chi connectivity index (χ0v) is 18.1. The molecule has 0 unspecified atom stereocenters. The van der Waals surface area contributed by atoms with Crippen molar-refractivity contribution in [2.24, 2.45) is 0 Å². The molecular weight excluding hydrogens is 422 g/mol. The van der Waals surface area contributed by atoms with Crippen LogP contribution in [0.1, 0.15) is 22.8 Å². The highest BCUT2D eigenvalue weighted by atomic mass is 16.6. The Hall–Kier alpha value is -4.53. The first-order valence-corrected chi connectivity index (χ1v) is 10.3. The Morgan fingerprint density at radius 1 is 1.09 bits per heavy atom. The highest BCUT2D eigenvalue weighted by molar-refractivity contribution is 6.04. The number of aromatic nitrogens is 3. The first-order valence-electron chi connectivity index (χ1n) is 10.3. The van der Waals surface area contributed by atoms with Gasteiger partial charge in [-0.1, -0.05) is 30.3 Å². The molecule has 9 nitrogen and oxygen atoms in total. The van der Waals surface area contributed by atoms with Crippen LogP contribution in [0, 0.1) is 17.0 Å². The number of ether oxygens (including phenoxy) is 1. The smallest absolute Gasteiger partial charge is 0.336 e. The van der Waals surface area contributed by atoms with E-state index in [1.54, 1.807) is 22.9 Å². The van der Waals surface area contributed by atoms with Gasteiger partial charge in [-0.2, -0.15) is 4.98 Å². The fourth-order valence-corrected chi connectivity index (χ4v) is 3.31. The van der Waals surface area contributed by atoms with Crippen LogP contribution in [0.2, 0.25) is 0 Å². The number of aryl methyl sites for hydroxylation is 1. The summed E-state index contributed by atoms with van der Waals surface area (Å²) < 4.78 is 7.20. The number of nitro groups is 1. The first kappa shape index (κ1) is 21.7. The second-order valence-corrected chi connectivity index (χ2v) is 7.19. The van der Waals surface area contributed by atoms with Crippen molar-refractivity contribution in [3.05, 3.63) is 94.0 Å². The topological polar surface area (TPSA) is 112 Å². The molecule has 0 radical (unpaired) electrons. The maximum Gasteiger partial charge on any atom is 0.336 e. The van der Waals surface area contributed by atoms with Crippen LogP contribution in [-0.4, -0.2) is 32.2 Å². The van der Waals surface area contributed by atoms with Gasteiger partial charge in [0.1, 0.15) is 0 Å². The molecule has 166 valence electrons. The number of nitro benzene ring substituents is 1. The molecule has 0 aliphatic carbocycles. The number of nitrogens with zero attached hydrogens (tertiary/aromatic N) is 4. The highest BCUT2D eigenvalue weighted by Gasteiger charge is 2.17. The van der Waals surface area contributed by atoms with E-state index in [2.05, 4.69) is 15.4 Å². The number of carbonyl (C=O) groups excluding carboxylic acids is 1. The molecule has 0 bridgehead atoms. The van der Waals surface area contributed by atoms with E-state index in [0.29, 0.717) is 29.4 Å². The van der Waals surface area contributed by atoms with Gasteiger partial charge in [-0.3, -0.25) is 14.9 Å². The Morgan fingerprint density at radius 2 is 1.85 bits per heavy atom. The van der Waals surface area contributed by atoms with Gasteiger partial charge in [-0.05, 0) is 49.7 Å². The van der Waals surface area contributed by atoms with Crippen molar-refractivity contribution in [2.75, 3.05) is 11.9 Å². The first-order chi connectivity index (χ1) is 16.0. The molecule has 9 heteroatoms. The standard InChI is InChI=1S/C24H21N5O4/c1-3-33-24-26-22(21-10-5-4-7-16(21)2)28(27-24)20-9-6-8-18(15-20)25-23(30)17-11-13-19(14-12-17)29(31)32/h4-15H,3H2,1-2H3,(H,25,30). The summed E-state index contributed by atoms with van der Waals surface area (Å²) in [6.45, 7) is 4.29. The van der Waals surface area contributed by atoms with Gasteiger partial charge in [0.25, 0.3) is 11.6 Å². The number of hydrogen-bond donors (Lipinski definition) is 1. The highest BCUT2D eigenvalue weighted by Crippen LogP contribution is 2.27. The third-order valence-corrected chi connectivity index (χ3v) is 4.94. The van der Waals surface area contributed by atoms with Gasteiger partial charge < -0.3 is 10.1 Å². The second-order valence-electron chi connectivity index (χ2n) is 7.19. The summed E-state index contributed by atoms with van der Waals surface area (Å²) in [5, 5.41) is 18.1. The lowest BCUT2D eigenvalue weighted by Gasteiger charge is -2.10. The molecule has 0 aliphatic rings. The molecule has 1 heterocycles. The second kappa shape index (κ2) is 9.31. The lowest BCUT2D eigenvalue weighted by Crippen LogP contribution is -2.12. The Labute approximate surface area is 189 Å². The largest absolute Gasteiger partial charge is 0.463 e. The van der Waals surface area contributed by atoms with Gasteiger partial charge in [0.15, 0.2) is 5.82 Å². The van der Waals surface area contributed by atoms with Crippen molar-refractivity contribution in [3.63, 3.8) is 0 Å². The van der Waals surface area contributed by atoms with E-state index in [9.17, 15) is 14.9 Å². The Kier molecular flexibility index (Phi) is 6.12. The van der Waals surface area contributed by atoms with Gasteiger partial charge in [0.05, 0.1) is 17.2 Å². The van der Waals surface area contributed by atoms with E-state index in [0.717, 1.165) is 11.1 Å². The third-order valence-electron chi connectivity index (χ3n) is 4.94. The monoisotopic (exact) mass is 443 g/mol. The van der Waals surface area contributed by atoms with Crippen LogP contribution in [0.3, 0.4) is 0 Å². The molecule has 1 aromatic heterocycles. The number of rotatable bonds is 7. The predicted octanol–water partition coefficient (Wildman–Crippen LogP) is 4.80. The van der Waals surface area contributed by atoms with Crippen LogP contribution in [0.4, 0.5) is 11.4 Å². The normalized spacial score (nSPS) is 10.6. The maximum absolute atomic E-state index is 12.6. The summed E-state index contributed by atoms with van der Waals surface area (Å²) >= 11 is 0. The molecule has 33 heavy (non-hydrogen) atoms. The molecule has 0 fully saturated rings. The van der Waals surface area contributed by atoms with Crippen molar-refractivity contribution in [1.82, 2.24) is 14.8 Å². The summed E-state index contributed by atoms with van der Waals surface area (Å²) in [4.78, 5) is 27.5. The molecule has 0 aliphatic heterocycles. The molecule has 4 aromatic rings. The van der Waals surface area contributed by atoms with Crippen LogP contribution < -0.4 is 10.1 Å². The van der Waals surface area contributed by atoms with Crippen molar-refractivity contribution < 1.29 is 14.5 Å². The third kappa shape index (κ3) is 4.72. The number of amides is 1. The lowest BCUT2D eigenvalue weighted by atomic mass is 10.1. The predicted molar refractivity (Wildman–Crippen MR) is 124 cm³/mol.